The molecule has 0 saturated carbocycles. The number of hydrogen-bond donors (Lipinski definition) is 2. The Morgan fingerprint density at radius 2 is 1.81 bits per heavy atom. The molecule has 0 aliphatic carbocycles. The van der Waals surface area contributed by atoms with Gasteiger partial charge in [-0.3, -0.25) is 10.1 Å². The molecule has 7 heteroatoms. The largest absolute Gasteiger partial charge is 0.489 e. The van der Waals surface area contributed by atoms with Crippen molar-refractivity contribution in [3.63, 3.8) is 0 Å². The zero-order valence-electron chi connectivity index (χ0n) is 15.1. The average molecular weight is 381 g/mol. The first-order valence-corrected chi connectivity index (χ1v) is 8.08. The van der Waals surface area contributed by atoms with E-state index in [4.69, 9.17) is 10.5 Å². The molecule has 2 rings (SSSR count). The highest BCUT2D eigenvalue weighted by molar-refractivity contribution is 5.85. The maximum Gasteiger partial charge on any atom is 0.273 e. The predicted octanol–water partition coefficient (Wildman–Crippen LogP) is 4.00. The van der Waals surface area contributed by atoms with Crippen molar-refractivity contribution >= 4 is 18.1 Å². The van der Waals surface area contributed by atoms with Crippen LogP contribution in [0, 0.1) is 15.5 Å². The van der Waals surface area contributed by atoms with Crippen LogP contribution in [0.25, 0.3) is 0 Å². The molecule has 0 heterocycles. The number of hydrogen-bond acceptors (Lipinski definition) is 5. The lowest BCUT2D eigenvalue weighted by molar-refractivity contribution is -0.385. The number of aliphatic hydroxyl groups is 1. The van der Waals surface area contributed by atoms with E-state index in [1.807, 2.05) is 51.1 Å². The summed E-state index contributed by atoms with van der Waals surface area (Å²) >= 11 is 0. The summed E-state index contributed by atoms with van der Waals surface area (Å²) < 4.78 is 5.68. The third-order valence-electron chi connectivity index (χ3n) is 4.05. The van der Waals surface area contributed by atoms with Crippen molar-refractivity contribution in [2.75, 3.05) is 0 Å². The lowest BCUT2D eigenvalue weighted by Crippen LogP contribution is -2.40. The summed E-state index contributed by atoms with van der Waals surface area (Å²) in [4.78, 5) is 10.7. The normalized spacial score (nSPS) is 13.4. The van der Waals surface area contributed by atoms with Crippen molar-refractivity contribution in [1.29, 1.82) is 0 Å². The summed E-state index contributed by atoms with van der Waals surface area (Å²) in [7, 11) is 0. The molecule has 0 radical (unpaired) electrons. The van der Waals surface area contributed by atoms with E-state index in [-0.39, 0.29) is 30.1 Å². The van der Waals surface area contributed by atoms with Gasteiger partial charge in [0.1, 0.15) is 12.4 Å². The SMILES string of the molecule is CC(C)(C)C(N)C(O)c1cc(OCc2ccccc2)cc([N+](=O)[O-])c1.Cl. The third kappa shape index (κ3) is 5.69. The fourth-order valence-electron chi connectivity index (χ4n) is 2.39. The Bertz CT molecular complexity index is 732. The van der Waals surface area contributed by atoms with Gasteiger partial charge < -0.3 is 15.6 Å². The molecule has 0 aliphatic rings. The van der Waals surface area contributed by atoms with E-state index in [2.05, 4.69) is 0 Å². The van der Waals surface area contributed by atoms with Gasteiger partial charge in [0.05, 0.1) is 17.1 Å². The van der Waals surface area contributed by atoms with Crippen LogP contribution in [0.4, 0.5) is 5.69 Å². The van der Waals surface area contributed by atoms with Crippen LogP contribution in [0.5, 0.6) is 5.75 Å². The summed E-state index contributed by atoms with van der Waals surface area (Å²) in [6.07, 6.45) is -1.03. The van der Waals surface area contributed by atoms with Gasteiger partial charge in [0, 0.05) is 12.1 Å². The predicted molar refractivity (Wildman–Crippen MR) is 104 cm³/mol. The first-order chi connectivity index (χ1) is 11.7. The number of nitro groups is 1. The lowest BCUT2D eigenvalue weighted by atomic mass is 9.82. The van der Waals surface area contributed by atoms with Crippen LogP contribution in [0.1, 0.15) is 38.0 Å². The summed E-state index contributed by atoms with van der Waals surface area (Å²) in [5, 5.41) is 21.7. The van der Waals surface area contributed by atoms with E-state index in [1.54, 1.807) is 6.07 Å². The summed E-state index contributed by atoms with van der Waals surface area (Å²) in [5.74, 6) is 0.327. The minimum atomic E-state index is -1.03. The van der Waals surface area contributed by atoms with Crippen molar-refractivity contribution in [3.8, 4) is 5.75 Å². The maximum atomic E-state index is 11.2. The summed E-state index contributed by atoms with van der Waals surface area (Å²) in [5.41, 5.74) is 6.94. The van der Waals surface area contributed by atoms with E-state index in [0.717, 1.165) is 5.56 Å². The average Bonchev–Trinajstić information content (AvgIpc) is 2.58. The zero-order chi connectivity index (χ0) is 18.6. The highest BCUT2D eigenvalue weighted by Crippen LogP contribution is 2.33. The van der Waals surface area contributed by atoms with E-state index in [0.29, 0.717) is 11.3 Å². The monoisotopic (exact) mass is 380 g/mol. The van der Waals surface area contributed by atoms with E-state index < -0.39 is 17.1 Å². The Morgan fingerprint density at radius 1 is 1.19 bits per heavy atom. The fourth-order valence-corrected chi connectivity index (χ4v) is 2.39. The van der Waals surface area contributed by atoms with E-state index in [9.17, 15) is 15.2 Å². The lowest BCUT2D eigenvalue weighted by Gasteiger charge is -2.31. The highest BCUT2D eigenvalue weighted by Gasteiger charge is 2.30. The molecule has 2 unspecified atom stereocenters. The third-order valence-corrected chi connectivity index (χ3v) is 4.05. The van der Waals surface area contributed by atoms with Crippen LogP contribution in [0.3, 0.4) is 0 Å². The Kier molecular flexibility index (Phi) is 7.56. The van der Waals surface area contributed by atoms with Crippen molar-refractivity contribution in [3.05, 3.63) is 69.8 Å². The Labute approximate surface area is 159 Å². The molecule has 6 nitrogen and oxygen atoms in total. The Morgan fingerprint density at radius 3 is 2.35 bits per heavy atom. The molecule has 0 aromatic heterocycles. The minimum absolute atomic E-state index is 0. The quantitative estimate of drug-likeness (QED) is 0.582. The second kappa shape index (κ2) is 8.98. The van der Waals surface area contributed by atoms with Crippen LogP contribution in [0.15, 0.2) is 48.5 Å². The van der Waals surface area contributed by atoms with Gasteiger partial charge in [-0.1, -0.05) is 51.1 Å². The van der Waals surface area contributed by atoms with Gasteiger partial charge in [0.2, 0.25) is 0 Å². The fraction of sp³-hybridized carbons (Fsp3) is 0.368. The molecule has 2 aromatic rings. The van der Waals surface area contributed by atoms with E-state index >= 15 is 0 Å². The molecule has 2 atom stereocenters. The van der Waals surface area contributed by atoms with Crippen LogP contribution < -0.4 is 10.5 Å². The Balaban J connectivity index is 0.00000338. The molecule has 3 N–H and O–H groups in total. The van der Waals surface area contributed by atoms with Gasteiger partial charge in [-0.15, -0.1) is 12.4 Å². The molecular formula is C19H25ClN2O4. The highest BCUT2D eigenvalue weighted by atomic mass is 35.5. The summed E-state index contributed by atoms with van der Waals surface area (Å²) in [6, 6.07) is 13.2. The maximum absolute atomic E-state index is 11.2. The van der Waals surface area contributed by atoms with Gasteiger partial charge in [0.15, 0.2) is 0 Å². The number of ether oxygens (including phenoxy) is 1. The number of nitrogens with two attached hydrogens (primary N) is 1. The second-order valence-corrected chi connectivity index (χ2v) is 7.13. The molecule has 0 amide bonds. The molecule has 0 aliphatic heterocycles. The number of rotatable bonds is 6. The van der Waals surface area contributed by atoms with E-state index in [1.165, 1.54) is 12.1 Å². The molecule has 0 saturated heterocycles. The second-order valence-electron chi connectivity index (χ2n) is 7.13. The minimum Gasteiger partial charge on any atom is -0.489 e. The molecule has 2 aromatic carbocycles. The molecular weight excluding hydrogens is 356 g/mol. The van der Waals surface area contributed by atoms with Crippen molar-refractivity contribution < 1.29 is 14.8 Å². The van der Waals surface area contributed by atoms with Crippen molar-refractivity contribution in [1.82, 2.24) is 0 Å². The standard InChI is InChI=1S/C19H24N2O4.ClH/c1-19(2,3)18(20)17(22)14-9-15(21(23)24)11-16(10-14)25-12-13-7-5-4-6-8-13;/h4-11,17-18,22H,12,20H2,1-3H3;1H. The number of nitro benzene ring substituents is 1. The molecule has 0 bridgehead atoms. The Hall–Kier alpha value is -2.15. The topological polar surface area (TPSA) is 98.6 Å². The summed E-state index contributed by atoms with van der Waals surface area (Å²) in [6.45, 7) is 6.00. The zero-order valence-corrected chi connectivity index (χ0v) is 15.9. The van der Waals surface area contributed by atoms with Gasteiger partial charge in [-0.25, -0.2) is 0 Å². The molecule has 142 valence electrons. The van der Waals surface area contributed by atoms with Crippen LogP contribution in [0.2, 0.25) is 0 Å². The van der Waals surface area contributed by atoms with Crippen LogP contribution >= 0.6 is 12.4 Å². The first-order valence-electron chi connectivity index (χ1n) is 8.08. The number of benzene rings is 2. The molecule has 0 spiro atoms. The van der Waals surface area contributed by atoms with Gasteiger partial charge in [-0.2, -0.15) is 0 Å². The van der Waals surface area contributed by atoms with Gasteiger partial charge >= 0.3 is 0 Å². The van der Waals surface area contributed by atoms with Gasteiger partial charge in [0.25, 0.3) is 5.69 Å². The van der Waals surface area contributed by atoms with Crippen LogP contribution in [-0.2, 0) is 6.61 Å². The number of halogens is 1. The van der Waals surface area contributed by atoms with Crippen LogP contribution in [-0.4, -0.2) is 16.1 Å². The number of nitrogens with zero attached hydrogens (tertiary/aromatic N) is 1. The number of non-ortho nitro benzene ring substituents is 1. The van der Waals surface area contributed by atoms with Gasteiger partial charge in [-0.05, 0) is 22.6 Å². The molecule has 26 heavy (non-hydrogen) atoms. The number of aliphatic hydroxyl groups excluding tert-OH is 1. The first kappa shape index (κ1) is 21.9. The smallest absolute Gasteiger partial charge is 0.273 e. The molecule has 0 fully saturated rings. The van der Waals surface area contributed by atoms with Crippen molar-refractivity contribution in [2.45, 2.75) is 39.5 Å². The van der Waals surface area contributed by atoms with Crippen molar-refractivity contribution in [2.24, 2.45) is 11.1 Å².